The molecule has 1 aromatic carbocycles. The Labute approximate surface area is 166 Å². The van der Waals surface area contributed by atoms with E-state index >= 15 is 0 Å². The SMILES string of the molecule is Cl.Cl.O=C(CNC1CC1)N[C@H]1COC[C@H]1Cc1ccnc2ccccc12. The lowest BCUT2D eigenvalue weighted by Crippen LogP contribution is -2.44. The van der Waals surface area contributed by atoms with Crippen LogP contribution < -0.4 is 10.6 Å². The summed E-state index contributed by atoms with van der Waals surface area (Å²) in [6.07, 6.45) is 5.14. The third kappa shape index (κ3) is 5.07. The normalized spacial score (nSPS) is 21.7. The number of ether oxygens (including phenoxy) is 1. The summed E-state index contributed by atoms with van der Waals surface area (Å²) in [4.78, 5) is 16.5. The maximum Gasteiger partial charge on any atom is 0.234 e. The van der Waals surface area contributed by atoms with Crippen molar-refractivity contribution < 1.29 is 9.53 Å². The van der Waals surface area contributed by atoms with Gasteiger partial charge in [0.1, 0.15) is 0 Å². The van der Waals surface area contributed by atoms with E-state index in [0.29, 0.717) is 31.7 Å². The van der Waals surface area contributed by atoms with Gasteiger partial charge in [0.15, 0.2) is 0 Å². The lowest BCUT2D eigenvalue weighted by molar-refractivity contribution is -0.121. The molecule has 1 aromatic heterocycles. The van der Waals surface area contributed by atoms with Gasteiger partial charge in [0.25, 0.3) is 0 Å². The van der Waals surface area contributed by atoms with Gasteiger partial charge in [-0.05, 0) is 37.0 Å². The summed E-state index contributed by atoms with van der Waals surface area (Å²) in [5.41, 5.74) is 2.29. The molecule has 0 radical (unpaired) electrons. The number of halogens is 2. The number of para-hydroxylation sites is 1. The highest BCUT2D eigenvalue weighted by molar-refractivity contribution is 5.85. The van der Waals surface area contributed by atoms with Crippen LogP contribution in [0.3, 0.4) is 0 Å². The van der Waals surface area contributed by atoms with Gasteiger partial charge < -0.3 is 15.4 Å². The Kier molecular flexibility index (Phi) is 7.65. The molecule has 1 aliphatic carbocycles. The third-order valence-corrected chi connectivity index (χ3v) is 4.89. The number of hydrogen-bond donors (Lipinski definition) is 2. The van der Waals surface area contributed by atoms with Crippen molar-refractivity contribution in [3.8, 4) is 0 Å². The van der Waals surface area contributed by atoms with Crippen LogP contribution in [-0.4, -0.2) is 42.7 Å². The Hall–Kier alpha value is -1.40. The fourth-order valence-corrected chi connectivity index (χ4v) is 3.36. The van der Waals surface area contributed by atoms with Crippen LogP contribution in [0, 0.1) is 5.92 Å². The Morgan fingerprint density at radius 1 is 1.15 bits per heavy atom. The molecule has 0 spiro atoms. The molecule has 1 amide bonds. The molecule has 2 atom stereocenters. The number of carbonyl (C=O) groups excluding carboxylic acids is 1. The van der Waals surface area contributed by atoms with E-state index in [0.717, 1.165) is 11.9 Å². The Morgan fingerprint density at radius 2 is 1.96 bits per heavy atom. The average Bonchev–Trinajstić information content (AvgIpc) is 3.34. The summed E-state index contributed by atoms with van der Waals surface area (Å²) < 4.78 is 5.64. The first-order valence-electron chi connectivity index (χ1n) is 8.73. The van der Waals surface area contributed by atoms with Gasteiger partial charge in [-0.25, -0.2) is 0 Å². The molecule has 1 aliphatic heterocycles. The molecule has 7 heteroatoms. The average molecular weight is 398 g/mol. The smallest absolute Gasteiger partial charge is 0.234 e. The van der Waals surface area contributed by atoms with Crippen molar-refractivity contribution in [3.05, 3.63) is 42.1 Å². The maximum atomic E-state index is 12.1. The highest BCUT2D eigenvalue weighted by Gasteiger charge is 2.30. The van der Waals surface area contributed by atoms with Crippen LogP contribution in [0.1, 0.15) is 18.4 Å². The topological polar surface area (TPSA) is 63.2 Å². The first kappa shape index (κ1) is 20.9. The summed E-state index contributed by atoms with van der Waals surface area (Å²) in [5, 5.41) is 7.58. The van der Waals surface area contributed by atoms with E-state index in [1.807, 2.05) is 24.4 Å². The Bertz CT molecular complexity index is 734. The first-order valence-corrected chi connectivity index (χ1v) is 8.73. The van der Waals surface area contributed by atoms with Crippen molar-refractivity contribution in [2.24, 2.45) is 5.92 Å². The summed E-state index contributed by atoms with van der Waals surface area (Å²) in [6.45, 7) is 1.70. The molecule has 2 N–H and O–H groups in total. The predicted molar refractivity (Wildman–Crippen MR) is 107 cm³/mol. The molecule has 5 nitrogen and oxygen atoms in total. The van der Waals surface area contributed by atoms with Gasteiger partial charge in [-0.3, -0.25) is 9.78 Å². The van der Waals surface area contributed by atoms with Gasteiger partial charge in [0.05, 0.1) is 31.3 Å². The molecule has 2 aliphatic rings. The van der Waals surface area contributed by atoms with Crippen molar-refractivity contribution in [2.75, 3.05) is 19.8 Å². The fraction of sp³-hybridized carbons (Fsp3) is 0.474. The second-order valence-electron chi connectivity index (χ2n) is 6.82. The van der Waals surface area contributed by atoms with Gasteiger partial charge in [-0.15, -0.1) is 24.8 Å². The lowest BCUT2D eigenvalue weighted by Gasteiger charge is -2.20. The monoisotopic (exact) mass is 397 g/mol. The van der Waals surface area contributed by atoms with Gasteiger partial charge in [0.2, 0.25) is 5.91 Å². The zero-order chi connectivity index (χ0) is 16.4. The Morgan fingerprint density at radius 3 is 2.77 bits per heavy atom. The number of fused-ring (bicyclic) bond motifs is 1. The largest absolute Gasteiger partial charge is 0.379 e. The van der Waals surface area contributed by atoms with Crippen LogP contribution in [0.5, 0.6) is 0 Å². The minimum atomic E-state index is 0. The minimum Gasteiger partial charge on any atom is -0.379 e. The van der Waals surface area contributed by atoms with Crippen molar-refractivity contribution in [2.45, 2.75) is 31.3 Å². The standard InChI is InChI=1S/C19H23N3O2.2ClH/c23-19(10-21-15-5-6-15)22-18-12-24-11-14(18)9-13-7-8-20-17-4-2-1-3-16(13)17;;/h1-4,7-8,14-15,18,21H,5-6,9-12H2,(H,22,23);2*1H/t14-,18+;;/m1../s1. The zero-order valence-electron chi connectivity index (χ0n) is 14.5. The number of benzene rings is 1. The fourth-order valence-electron chi connectivity index (χ4n) is 3.36. The molecule has 142 valence electrons. The van der Waals surface area contributed by atoms with E-state index in [1.54, 1.807) is 0 Å². The predicted octanol–water partition coefficient (Wildman–Crippen LogP) is 2.50. The van der Waals surface area contributed by atoms with E-state index in [2.05, 4.69) is 27.8 Å². The highest BCUT2D eigenvalue weighted by Crippen LogP contribution is 2.24. The van der Waals surface area contributed by atoms with E-state index in [9.17, 15) is 4.79 Å². The second-order valence-corrected chi connectivity index (χ2v) is 6.82. The number of hydrogen-bond acceptors (Lipinski definition) is 4. The van der Waals surface area contributed by atoms with Crippen LogP contribution >= 0.6 is 24.8 Å². The van der Waals surface area contributed by atoms with Crippen LogP contribution in [-0.2, 0) is 16.0 Å². The molecule has 1 saturated heterocycles. The molecular formula is C19H25Cl2N3O2. The molecule has 2 heterocycles. The summed E-state index contributed by atoms with van der Waals surface area (Å²) >= 11 is 0. The van der Waals surface area contributed by atoms with Crippen molar-refractivity contribution >= 4 is 41.6 Å². The van der Waals surface area contributed by atoms with Gasteiger partial charge >= 0.3 is 0 Å². The quantitative estimate of drug-likeness (QED) is 0.785. The Balaban J connectivity index is 0.00000121. The molecule has 0 unspecified atom stereocenters. The molecule has 2 fully saturated rings. The lowest BCUT2D eigenvalue weighted by atomic mass is 9.93. The number of carbonyl (C=O) groups is 1. The number of nitrogens with one attached hydrogen (secondary N) is 2. The van der Waals surface area contributed by atoms with Crippen LogP contribution in [0.15, 0.2) is 36.5 Å². The number of nitrogens with zero attached hydrogens (tertiary/aromatic N) is 1. The van der Waals surface area contributed by atoms with Crippen LogP contribution in [0.25, 0.3) is 10.9 Å². The van der Waals surface area contributed by atoms with E-state index in [-0.39, 0.29) is 36.8 Å². The van der Waals surface area contributed by atoms with E-state index in [1.165, 1.54) is 23.8 Å². The van der Waals surface area contributed by atoms with E-state index in [4.69, 9.17) is 4.74 Å². The molecule has 4 rings (SSSR count). The number of rotatable bonds is 6. The summed E-state index contributed by atoms with van der Waals surface area (Å²) in [6, 6.07) is 10.9. The minimum absolute atomic E-state index is 0. The maximum absolute atomic E-state index is 12.1. The molecule has 2 aromatic rings. The molecule has 0 bridgehead atoms. The van der Waals surface area contributed by atoms with Crippen molar-refractivity contribution in [1.82, 2.24) is 15.6 Å². The van der Waals surface area contributed by atoms with E-state index < -0.39 is 0 Å². The molecular weight excluding hydrogens is 373 g/mol. The number of pyridine rings is 1. The third-order valence-electron chi connectivity index (χ3n) is 4.89. The van der Waals surface area contributed by atoms with Crippen LogP contribution in [0.2, 0.25) is 0 Å². The van der Waals surface area contributed by atoms with Gasteiger partial charge in [-0.2, -0.15) is 0 Å². The second kappa shape index (κ2) is 9.51. The first-order chi connectivity index (χ1) is 11.8. The molecule has 1 saturated carbocycles. The van der Waals surface area contributed by atoms with Gasteiger partial charge in [-0.1, -0.05) is 18.2 Å². The van der Waals surface area contributed by atoms with Crippen molar-refractivity contribution in [1.29, 1.82) is 0 Å². The van der Waals surface area contributed by atoms with Gasteiger partial charge in [0, 0.05) is 23.5 Å². The zero-order valence-corrected chi connectivity index (χ0v) is 16.2. The summed E-state index contributed by atoms with van der Waals surface area (Å²) in [7, 11) is 0. The molecule has 26 heavy (non-hydrogen) atoms. The van der Waals surface area contributed by atoms with Crippen molar-refractivity contribution in [3.63, 3.8) is 0 Å². The summed E-state index contributed by atoms with van der Waals surface area (Å²) in [5.74, 6) is 0.377. The number of amides is 1. The number of aromatic nitrogens is 1. The van der Waals surface area contributed by atoms with Crippen LogP contribution in [0.4, 0.5) is 0 Å². The highest BCUT2D eigenvalue weighted by atomic mass is 35.5.